The predicted octanol–water partition coefficient (Wildman–Crippen LogP) is 2.89. The molecule has 1 aliphatic rings. The van der Waals surface area contributed by atoms with Gasteiger partial charge in [-0.1, -0.05) is 6.07 Å². The van der Waals surface area contributed by atoms with Crippen LogP contribution in [-0.2, 0) is 4.79 Å². The molecule has 7 heteroatoms. The van der Waals surface area contributed by atoms with Gasteiger partial charge in [-0.2, -0.15) is 0 Å². The molecule has 0 saturated carbocycles. The van der Waals surface area contributed by atoms with Gasteiger partial charge in [-0.25, -0.2) is 0 Å². The lowest BCUT2D eigenvalue weighted by Gasteiger charge is -2.35. The number of nitrogens with zero attached hydrogens (tertiary/aromatic N) is 2. The van der Waals surface area contributed by atoms with E-state index < -0.39 is 16.3 Å². The van der Waals surface area contributed by atoms with E-state index in [2.05, 4.69) is 4.90 Å². The number of nitro groups is 1. The average Bonchev–Trinajstić information content (AvgIpc) is 2.54. The maximum atomic E-state index is 11.2. The first-order valence-electron chi connectivity index (χ1n) is 8.02. The molecule has 0 spiro atoms. The summed E-state index contributed by atoms with van der Waals surface area (Å²) in [5, 5.41) is 20.2. The van der Waals surface area contributed by atoms with Crippen molar-refractivity contribution in [2.24, 2.45) is 5.41 Å². The fourth-order valence-electron chi connectivity index (χ4n) is 3.15. The molecule has 0 aliphatic carbocycles. The molecular formula is C17H24N2O5. The number of aliphatic carboxylic acids is 1. The van der Waals surface area contributed by atoms with E-state index in [-0.39, 0.29) is 11.4 Å². The van der Waals surface area contributed by atoms with Crippen LogP contribution >= 0.6 is 0 Å². The lowest BCUT2D eigenvalue weighted by atomic mass is 9.87. The van der Waals surface area contributed by atoms with Crippen LogP contribution in [0.3, 0.4) is 0 Å². The average molecular weight is 336 g/mol. The van der Waals surface area contributed by atoms with Gasteiger partial charge in [0.15, 0.2) is 5.75 Å². The second-order valence-electron chi connectivity index (χ2n) is 6.93. The maximum Gasteiger partial charge on any atom is 0.310 e. The SMILES string of the molecule is COc1cc(C2CCN(CC(C)(C)C(=O)O)CC2)ccc1[N+](=O)[O-]. The zero-order valence-electron chi connectivity index (χ0n) is 14.3. The monoisotopic (exact) mass is 336 g/mol. The fraction of sp³-hybridized carbons (Fsp3) is 0.588. The fourth-order valence-corrected chi connectivity index (χ4v) is 3.15. The minimum atomic E-state index is -0.787. The van der Waals surface area contributed by atoms with Crippen LogP contribution in [0, 0.1) is 15.5 Å². The highest BCUT2D eigenvalue weighted by molar-refractivity contribution is 5.73. The van der Waals surface area contributed by atoms with Gasteiger partial charge in [0.25, 0.3) is 0 Å². The molecule has 0 bridgehead atoms. The largest absolute Gasteiger partial charge is 0.490 e. The van der Waals surface area contributed by atoms with Crippen LogP contribution in [0.25, 0.3) is 0 Å². The standard InChI is InChI=1S/C17H24N2O5/c1-17(2,16(20)21)11-18-8-6-12(7-9-18)13-4-5-14(19(22)23)15(10-13)24-3/h4-5,10,12H,6-9,11H2,1-3H3,(H,20,21). The zero-order chi connectivity index (χ0) is 17.9. The molecule has 0 atom stereocenters. The van der Waals surface area contributed by atoms with E-state index in [1.54, 1.807) is 26.0 Å². The number of carboxylic acid groups (broad SMARTS) is 1. The van der Waals surface area contributed by atoms with E-state index in [1.807, 2.05) is 0 Å². The summed E-state index contributed by atoms with van der Waals surface area (Å²) in [5.74, 6) is -0.194. The van der Waals surface area contributed by atoms with Crippen molar-refractivity contribution >= 4 is 11.7 Å². The highest BCUT2D eigenvalue weighted by Crippen LogP contribution is 2.35. The number of carboxylic acids is 1. The van der Waals surface area contributed by atoms with Gasteiger partial charge in [-0.15, -0.1) is 0 Å². The summed E-state index contributed by atoms with van der Waals surface area (Å²) in [7, 11) is 1.43. The Bertz CT molecular complexity index is 621. The van der Waals surface area contributed by atoms with E-state index >= 15 is 0 Å². The number of hydrogen-bond donors (Lipinski definition) is 1. The summed E-state index contributed by atoms with van der Waals surface area (Å²) in [6.07, 6.45) is 1.80. The lowest BCUT2D eigenvalue weighted by molar-refractivity contribution is -0.385. The Morgan fingerprint density at radius 3 is 2.54 bits per heavy atom. The van der Waals surface area contributed by atoms with Crippen molar-refractivity contribution in [1.29, 1.82) is 0 Å². The van der Waals surface area contributed by atoms with Crippen LogP contribution in [0.5, 0.6) is 5.75 Å². The van der Waals surface area contributed by atoms with Crippen molar-refractivity contribution in [3.8, 4) is 5.75 Å². The summed E-state index contributed by atoms with van der Waals surface area (Å²) >= 11 is 0. The third-order valence-electron chi connectivity index (χ3n) is 4.66. The molecule has 1 heterocycles. The highest BCUT2D eigenvalue weighted by atomic mass is 16.6. The third kappa shape index (κ3) is 4.03. The van der Waals surface area contributed by atoms with Crippen LogP contribution < -0.4 is 4.74 Å². The van der Waals surface area contributed by atoms with Gasteiger partial charge in [0.1, 0.15) is 0 Å². The van der Waals surface area contributed by atoms with Crippen molar-refractivity contribution < 1.29 is 19.6 Å². The van der Waals surface area contributed by atoms with Crippen LogP contribution in [-0.4, -0.2) is 47.6 Å². The van der Waals surface area contributed by atoms with E-state index in [0.717, 1.165) is 31.5 Å². The van der Waals surface area contributed by atoms with Crippen LogP contribution in [0.15, 0.2) is 18.2 Å². The Hall–Kier alpha value is -2.15. The van der Waals surface area contributed by atoms with Crippen LogP contribution in [0.1, 0.15) is 38.2 Å². The Morgan fingerprint density at radius 1 is 1.42 bits per heavy atom. The van der Waals surface area contributed by atoms with Crippen LogP contribution in [0.2, 0.25) is 0 Å². The number of likely N-dealkylation sites (tertiary alicyclic amines) is 1. The van der Waals surface area contributed by atoms with E-state index in [9.17, 15) is 20.0 Å². The van der Waals surface area contributed by atoms with E-state index in [4.69, 9.17) is 4.74 Å². The summed E-state index contributed by atoms with van der Waals surface area (Å²) < 4.78 is 5.13. The second kappa shape index (κ2) is 7.17. The predicted molar refractivity (Wildman–Crippen MR) is 89.5 cm³/mol. The normalized spacial score (nSPS) is 16.8. The summed E-state index contributed by atoms with van der Waals surface area (Å²) in [6, 6.07) is 5.04. The molecule has 1 N–H and O–H groups in total. The van der Waals surface area contributed by atoms with Gasteiger partial charge < -0.3 is 14.7 Å². The Morgan fingerprint density at radius 2 is 2.04 bits per heavy atom. The minimum absolute atomic E-state index is 0.0260. The molecule has 1 aromatic carbocycles. The van der Waals surface area contributed by atoms with Crippen molar-refractivity contribution in [3.05, 3.63) is 33.9 Å². The highest BCUT2D eigenvalue weighted by Gasteiger charge is 2.32. The van der Waals surface area contributed by atoms with Crippen molar-refractivity contribution in [2.45, 2.75) is 32.6 Å². The number of nitro benzene ring substituents is 1. The van der Waals surface area contributed by atoms with Crippen molar-refractivity contribution in [1.82, 2.24) is 4.90 Å². The smallest absolute Gasteiger partial charge is 0.310 e. The number of methoxy groups -OCH3 is 1. The molecule has 0 aromatic heterocycles. The zero-order valence-corrected chi connectivity index (χ0v) is 14.3. The summed E-state index contributed by atoms with van der Waals surface area (Å²) in [4.78, 5) is 23.9. The van der Waals surface area contributed by atoms with Gasteiger partial charge >= 0.3 is 11.7 Å². The van der Waals surface area contributed by atoms with Gasteiger partial charge in [-0.05, 0) is 57.3 Å². The molecule has 1 aliphatic heterocycles. The molecule has 1 aromatic rings. The molecule has 1 fully saturated rings. The maximum absolute atomic E-state index is 11.2. The van der Waals surface area contributed by atoms with Gasteiger partial charge in [0.05, 0.1) is 17.4 Å². The molecule has 0 amide bonds. The number of carbonyl (C=O) groups is 1. The molecular weight excluding hydrogens is 312 g/mol. The summed E-state index contributed by atoms with van der Waals surface area (Å²) in [6.45, 7) is 5.64. The lowest BCUT2D eigenvalue weighted by Crippen LogP contribution is -2.42. The molecule has 2 rings (SSSR count). The van der Waals surface area contributed by atoms with Crippen molar-refractivity contribution in [3.63, 3.8) is 0 Å². The Labute approximate surface area is 141 Å². The second-order valence-corrected chi connectivity index (χ2v) is 6.93. The topological polar surface area (TPSA) is 92.9 Å². The number of piperidine rings is 1. The minimum Gasteiger partial charge on any atom is -0.490 e. The Kier molecular flexibility index (Phi) is 5.43. The van der Waals surface area contributed by atoms with E-state index in [0.29, 0.717) is 12.5 Å². The molecule has 1 saturated heterocycles. The number of hydrogen-bond acceptors (Lipinski definition) is 5. The Balaban J connectivity index is 2.02. The molecule has 7 nitrogen and oxygen atoms in total. The summed E-state index contributed by atoms with van der Waals surface area (Å²) in [5.41, 5.74) is 0.250. The van der Waals surface area contributed by atoms with Crippen LogP contribution in [0.4, 0.5) is 5.69 Å². The number of benzene rings is 1. The number of ether oxygens (including phenoxy) is 1. The third-order valence-corrected chi connectivity index (χ3v) is 4.66. The quantitative estimate of drug-likeness (QED) is 0.634. The first kappa shape index (κ1) is 18.2. The molecule has 0 unspecified atom stereocenters. The van der Waals surface area contributed by atoms with Gasteiger partial charge in [0, 0.05) is 12.6 Å². The first-order valence-corrected chi connectivity index (χ1v) is 8.02. The molecule has 24 heavy (non-hydrogen) atoms. The van der Waals surface area contributed by atoms with E-state index in [1.165, 1.54) is 13.2 Å². The van der Waals surface area contributed by atoms with Gasteiger partial charge in [-0.3, -0.25) is 14.9 Å². The number of rotatable bonds is 6. The first-order chi connectivity index (χ1) is 11.2. The molecule has 0 radical (unpaired) electrons. The van der Waals surface area contributed by atoms with Crippen molar-refractivity contribution in [2.75, 3.05) is 26.7 Å². The molecule has 132 valence electrons. The van der Waals surface area contributed by atoms with Gasteiger partial charge in [0.2, 0.25) is 0 Å².